The lowest BCUT2D eigenvalue weighted by Gasteiger charge is -2.19. The van der Waals surface area contributed by atoms with Gasteiger partial charge >= 0.3 is 0 Å². The van der Waals surface area contributed by atoms with E-state index in [1.165, 1.54) is 15.4 Å². The van der Waals surface area contributed by atoms with Crippen LogP contribution in [0.5, 0.6) is 0 Å². The van der Waals surface area contributed by atoms with E-state index < -0.39 is 0 Å². The SMILES string of the molecule is Cc1cccc2c1Sc1cc([N+](=O)[O-])ccc1S2. The normalized spacial score (nSPS) is 12.7. The Labute approximate surface area is 113 Å². The zero-order chi connectivity index (χ0) is 12.7. The summed E-state index contributed by atoms with van der Waals surface area (Å²) in [6.07, 6.45) is 0. The molecule has 90 valence electrons. The largest absolute Gasteiger partial charge is 0.270 e. The second kappa shape index (κ2) is 4.33. The molecule has 0 N–H and O–H groups in total. The van der Waals surface area contributed by atoms with Crippen molar-refractivity contribution >= 4 is 29.2 Å². The molecular weight excluding hydrogens is 266 g/mol. The second-order valence-corrected chi connectivity index (χ2v) is 6.13. The Balaban J connectivity index is 2.09. The van der Waals surface area contributed by atoms with E-state index >= 15 is 0 Å². The van der Waals surface area contributed by atoms with E-state index in [0.29, 0.717) is 0 Å². The van der Waals surface area contributed by atoms with Crippen LogP contribution in [-0.2, 0) is 0 Å². The third-order valence-corrected chi connectivity index (χ3v) is 5.44. The Hall–Kier alpha value is -1.46. The van der Waals surface area contributed by atoms with Gasteiger partial charge in [0.1, 0.15) is 0 Å². The third-order valence-electron chi connectivity index (χ3n) is 2.75. The fourth-order valence-corrected chi connectivity index (χ4v) is 4.24. The van der Waals surface area contributed by atoms with Gasteiger partial charge in [0.25, 0.3) is 5.69 Å². The molecule has 18 heavy (non-hydrogen) atoms. The van der Waals surface area contributed by atoms with Crippen LogP contribution in [-0.4, -0.2) is 4.92 Å². The van der Waals surface area contributed by atoms with Crippen LogP contribution < -0.4 is 0 Å². The summed E-state index contributed by atoms with van der Waals surface area (Å²) in [6.45, 7) is 2.06. The lowest BCUT2D eigenvalue weighted by atomic mass is 10.2. The summed E-state index contributed by atoms with van der Waals surface area (Å²) in [6, 6.07) is 11.2. The first-order chi connectivity index (χ1) is 8.65. The van der Waals surface area contributed by atoms with Crippen LogP contribution in [0.15, 0.2) is 56.0 Å². The maximum atomic E-state index is 10.8. The van der Waals surface area contributed by atoms with Gasteiger partial charge in [0.05, 0.1) is 4.92 Å². The highest BCUT2D eigenvalue weighted by Gasteiger charge is 2.20. The molecule has 0 bridgehead atoms. The molecule has 0 radical (unpaired) electrons. The number of hydrogen-bond donors (Lipinski definition) is 0. The van der Waals surface area contributed by atoms with E-state index in [4.69, 9.17) is 0 Å². The van der Waals surface area contributed by atoms with Gasteiger partial charge in [0.15, 0.2) is 0 Å². The van der Waals surface area contributed by atoms with E-state index in [9.17, 15) is 10.1 Å². The molecule has 1 aliphatic rings. The monoisotopic (exact) mass is 275 g/mol. The predicted molar refractivity (Wildman–Crippen MR) is 72.5 cm³/mol. The van der Waals surface area contributed by atoms with Crippen molar-refractivity contribution in [3.8, 4) is 0 Å². The molecule has 5 heteroatoms. The number of benzene rings is 2. The lowest BCUT2D eigenvalue weighted by Crippen LogP contribution is -1.94. The number of non-ortho nitro benzene ring substituents is 1. The molecule has 0 saturated heterocycles. The molecule has 2 aromatic rings. The number of fused-ring (bicyclic) bond motifs is 2. The quantitative estimate of drug-likeness (QED) is 0.484. The van der Waals surface area contributed by atoms with Crippen LogP contribution in [0.4, 0.5) is 5.69 Å². The molecular formula is C13H9NO2S2. The van der Waals surface area contributed by atoms with Gasteiger partial charge in [-0.2, -0.15) is 0 Å². The average molecular weight is 275 g/mol. The first-order valence-electron chi connectivity index (χ1n) is 5.39. The zero-order valence-electron chi connectivity index (χ0n) is 9.54. The fourth-order valence-electron chi connectivity index (χ4n) is 1.84. The van der Waals surface area contributed by atoms with Crippen molar-refractivity contribution in [1.82, 2.24) is 0 Å². The number of nitro benzene ring substituents is 1. The Morgan fingerprint density at radius 3 is 2.67 bits per heavy atom. The van der Waals surface area contributed by atoms with Crippen LogP contribution in [0, 0.1) is 17.0 Å². The lowest BCUT2D eigenvalue weighted by molar-refractivity contribution is -0.385. The number of hydrogen-bond acceptors (Lipinski definition) is 4. The molecule has 1 heterocycles. The van der Waals surface area contributed by atoms with E-state index in [-0.39, 0.29) is 10.6 Å². The van der Waals surface area contributed by atoms with Crippen molar-refractivity contribution in [3.63, 3.8) is 0 Å². The van der Waals surface area contributed by atoms with Gasteiger partial charge in [-0.3, -0.25) is 10.1 Å². The van der Waals surface area contributed by atoms with E-state index in [0.717, 1.165) is 9.79 Å². The summed E-state index contributed by atoms with van der Waals surface area (Å²) in [7, 11) is 0. The first kappa shape index (κ1) is 11.6. The van der Waals surface area contributed by atoms with Crippen LogP contribution in [0.3, 0.4) is 0 Å². The predicted octanol–water partition coefficient (Wildman–Crippen LogP) is 4.52. The summed E-state index contributed by atoms with van der Waals surface area (Å²) >= 11 is 3.29. The standard InChI is InChI=1S/C13H9NO2S2/c1-8-3-2-4-11-13(8)18-12-7-9(14(15)16)5-6-10(12)17-11/h2-7H,1H3. The van der Waals surface area contributed by atoms with Crippen LogP contribution in [0.2, 0.25) is 0 Å². The summed E-state index contributed by atoms with van der Waals surface area (Å²) < 4.78 is 0. The molecule has 3 nitrogen and oxygen atoms in total. The van der Waals surface area contributed by atoms with Crippen molar-refractivity contribution in [2.75, 3.05) is 0 Å². The highest BCUT2D eigenvalue weighted by Crippen LogP contribution is 2.50. The van der Waals surface area contributed by atoms with Crippen molar-refractivity contribution in [2.45, 2.75) is 26.5 Å². The number of nitro groups is 1. The molecule has 0 aliphatic carbocycles. The molecule has 0 amide bonds. The average Bonchev–Trinajstić information content (AvgIpc) is 2.36. The molecule has 3 rings (SSSR count). The van der Waals surface area contributed by atoms with Gasteiger partial charge in [-0.1, -0.05) is 35.7 Å². The summed E-state index contributed by atoms with van der Waals surface area (Å²) in [5.41, 5.74) is 1.36. The van der Waals surface area contributed by atoms with E-state index in [1.807, 2.05) is 12.1 Å². The Kier molecular flexibility index (Phi) is 2.80. The minimum absolute atomic E-state index is 0.152. The third kappa shape index (κ3) is 1.89. The van der Waals surface area contributed by atoms with Crippen LogP contribution in [0.1, 0.15) is 5.56 Å². The highest BCUT2D eigenvalue weighted by atomic mass is 32.2. The molecule has 0 spiro atoms. The molecule has 1 aliphatic heterocycles. The van der Waals surface area contributed by atoms with Gasteiger partial charge in [0.2, 0.25) is 0 Å². The maximum absolute atomic E-state index is 10.8. The number of rotatable bonds is 1. The van der Waals surface area contributed by atoms with Gasteiger partial charge in [-0.05, 0) is 24.6 Å². The number of nitrogens with zero attached hydrogens (tertiary/aromatic N) is 1. The van der Waals surface area contributed by atoms with Gasteiger partial charge < -0.3 is 0 Å². The summed E-state index contributed by atoms with van der Waals surface area (Å²) in [4.78, 5) is 14.9. The van der Waals surface area contributed by atoms with E-state index in [2.05, 4.69) is 19.1 Å². The van der Waals surface area contributed by atoms with Gasteiger partial charge in [-0.25, -0.2) is 0 Å². The minimum Gasteiger partial charge on any atom is -0.258 e. The highest BCUT2D eigenvalue weighted by molar-refractivity contribution is 8.05. The van der Waals surface area contributed by atoms with E-state index in [1.54, 1.807) is 35.7 Å². The molecule has 0 atom stereocenters. The molecule has 0 fully saturated rings. The van der Waals surface area contributed by atoms with Crippen molar-refractivity contribution in [3.05, 3.63) is 52.1 Å². The number of aryl methyl sites for hydroxylation is 1. The van der Waals surface area contributed by atoms with Crippen molar-refractivity contribution in [2.24, 2.45) is 0 Å². The van der Waals surface area contributed by atoms with Crippen molar-refractivity contribution in [1.29, 1.82) is 0 Å². The Morgan fingerprint density at radius 1 is 1.06 bits per heavy atom. The minimum atomic E-state index is -0.348. The Bertz CT molecular complexity index is 655. The smallest absolute Gasteiger partial charge is 0.258 e. The maximum Gasteiger partial charge on any atom is 0.270 e. The second-order valence-electron chi connectivity index (χ2n) is 3.99. The molecule has 2 aromatic carbocycles. The van der Waals surface area contributed by atoms with Crippen LogP contribution >= 0.6 is 23.5 Å². The molecule has 0 saturated carbocycles. The molecule has 0 aromatic heterocycles. The summed E-state index contributed by atoms with van der Waals surface area (Å²) in [5, 5.41) is 10.8. The van der Waals surface area contributed by atoms with Gasteiger partial charge in [-0.15, -0.1) is 0 Å². The fraction of sp³-hybridized carbons (Fsp3) is 0.0769. The summed E-state index contributed by atoms with van der Waals surface area (Å²) in [5.74, 6) is 0. The Morgan fingerprint density at radius 2 is 1.89 bits per heavy atom. The van der Waals surface area contributed by atoms with Crippen molar-refractivity contribution < 1.29 is 4.92 Å². The van der Waals surface area contributed by atoms with Gasteiger partial charge in [0, 0.05) is 31.7 Å². The zero-order valence-corrected chi connectivity index (χ0v) is 11.2. The molecule has 0 unspecified atom stereocenters. The van der Waals surface area contributed by atoms with Crippen LogP contribution in [0.25, 0.3) is 0 Å². The first-order valence-corrected chi connectivity index (χ1v) is 7.02. The topological polar surface area (TPSA) is 43.1 Å².